The van der Waals surface area contributed by atoms with Crippen LogP contribution in [-0.2, 0) is 19.1 Å². The van der Waals surface area contributed by atoms with Crippen molar-refractivity contribution in [3.05, 3.63) is 0 Å². The highest BCUT2D eigenvalue weighted by Crippen LogP contribution is 2.17. The number of esters is 1. The van der Waals surface area contributed by atoms with E-state index in [2.05, 4.69) is 0 Å². The number of carbonyl (C=O) groups is 3. The van der Waals surface area contributed by atoms with Crippen molar-refractivity contribution in [2.24, 2.45) is 0 Å². The molecule has 5 nitrogen and oxygen atoms in total. The predicted octanol–water partition coefficient (Wildman–Crippen LogP) is 0.518. The van der Waals surface area contributed by atoms with Crippen molar-refractivity contribution in [3.63, 3.8) is 0 Å². The molecule has 0 N–H and O–H groups in total. The monoisotopic (exact) mass is 227 g/mol. The highest BCUT2D eigenvalue weighted by Gasteiger charge is 2.34. The van der Waals surface area contributed by atoms with Crippen LogP contribution in [0.5, 0.6) is 0 Å². The number of carbonyl (C=O) groups excluding carboxylic acids is 3. The molecule has 90 valence electrons. The van der Waals surface area contributed by atoms with Crippen LogP contribution in [-0.4, -0.2) is 41.3 Å². The minimum atomic E-state index is -0.888. The van der Waals surface area contributed by atoms with Gasteiger partial charge in [-0.2, -0.15) is 0 Å². The number of rotatable bonds is 1. The molecule has 5 heteroatoms. The van der Waals surface area contributed by atoms with Crippen LogP contribution in [0.2, 0.25) is 0 Å². The average Bonchev–Trinajstić information content (AvgIpc) is 2.61. The summed E-state index contributed by atoms with van der Waals surface area (Å²) < 4.78 is 4.96. The first-order valence-corrected chi connectivity index (χ1v) is 5.34. The van der Waals surface area contributed by atoms with Crippen molar-refractivity contribution >= 4 is 18.2 Å². The van der Waals surface area contributed by atoms with Crippen LogP contribution in [0.15, 0.2) is 0 Å². The summed E-state index contributed by atoms with van der Waals surface area (Å²) in [6.07, 6.45) is 2.07. The number of ether oxygens (including phenoxy) is 1. The zero-order chi connectivity index (χ0) is 12.3. The van der Waals surface area contributed by atoms with Crippen molar-refractivity contribution in [2.75, 3.05) is 6.54 Å². The largest absolute Gasteiger partial charge is 0.453 e. The number of likely N-dealkylation sites (tertiary alicyclic amines) is 1. The minimum Gasteiger partial charge on any atom is -0.453 e. The minimum absolute atomic E-state index is 0.446. The molecule has 1 aliphatic heterocycles. The van der Waals surface area contributed by atoms with Gasteiger partial charge in [0.05, 0.1) is 6.04 Å². The average molecular weight is 227 g/mol. The topological polar surface area (TPSA) is 63.7 Å². The molecule has 1 rings (SSSR count). The standard InChI is InChI=1S/C11H17NO4/c1-11(2,3)16-10(15)9(14)12-6-4-5-8(12)7-13/h7-8H,4-6H2,1-3H3/t8-/m1/s1. The molecule has 0 radical (unpaired) electrons. The zero-order valence-electron chi connectivity index (χ0n) is 9.86. The van der Waals surface area contributed by atoms with Gasteiger partial charge in [-0.25, -0.2) is 4.79 Å². The van der Waals surface area contributed by atoms with Crippen molar-refractivity contribution in [1.82, 2.24) is 4.90 Å². The quantitative estimate of drug-likeness (QED) is 0.372. The lowest BCUT2D eigenvalue weighted by atomic mass is 10.2. The van der Waals surface area contributed by atoms with E-state index in [1.165, 1.54) is 4.90 Å². The van der Waals surface area contributed by atoms with Crippen LogP contribution in [0.3, 0.4) is 0 Å². The molecular weight excluding hydrogens is 210 g/mol. The normalized spacial score (nSPS) is 20.7. The van der Waals surface area contributed by atoms with Crippen LogP contribution in [0.25, 0.3) is 0 Å². The summed E-state index contributed by atoms with van der Waals surface area (Å²) in [5.41, 5.74) is -0.691. The van der Waals surface area contributed by atoms with Gasteiger partial charge in [-0.05, 0) is 33.6 Å². The van der Waals surface area contributed by atoms with Crippen LogP contribution < -0.4 is 0 Å². The predicted molar refractivity (Wildman–Crippen MR) is 56.6 cm³/mol. The van der Waals surface area contributed by atoms with E-state index in [1.54, 1.807) is 20.8 Å². The van der Waals surface area contributed by atoms with Crippen molar-refractivity contribution in [3.8, 4) is 0 Å². The Kier molecular flexibility index (Phi) is 3.67. The van der Waals surface area contributed by atoms with Gasteiger partial charge in [0, 0.05) is 6.54 Å². The van der Waals surface area contributed by atoms with Gasteiger partial charge in [0.2, 0.25) is 0 Å². The molecule has 1 aliphatic rings. The zero-order valence-corrected chi connectivity index (χ0v) is 9.86. The van der Waals surface area contributed by atoms with E-state index >= 15 is 0 Å². The fourth-order valence-electron chi connectivity index (χ4n) is 1.63. The van der Waals surface area contributed by atoms with Crippen molar-refractivity contribution in [1.29, 1.82) is 0 Å². The highest BCUT2D eigenvalue weighted by molar-refractivity contribution is 6.32. The third-order valence-electron chi connectivity index (χ3n) is 2.29. The fraction of sp³-hybridized carbons (Fsp3) is 0.727. The van der Waals surface area contributed by atoms with Gasteiger partial charge in [-0.15, -0.1) is 0 Å². The Morgan fingerprint density at radius 1 is 1.38 bits per heavy atom. The van der Waals surface area contributed by atoms with E-state index in [0.29, 0.717) is 19.3 Å². The maximum absolute atomic E-state index is 11.7. The molecule has 0 unspecified atom stereocenters. The fourth-order valence-corrected chi connectivity index (χ4v) is 1.63. The lowest BCUT2D eigenvalue weighted by Gasteiger charge is -2.23. The first-order chi connectivity index (χ1) is 7.35. The Morgan fingerprint density at radius 3 is 2.50 bits per heavy atom. The second kappa shape index (κ2) is 4.63. The molecule has 0 aliphatic carbocycles. The van der Waals surface area contributed by atoms with E-state index < -0.39 is 23.5 Å². The molecule has 1 atom stereocenters. The van der Waals surface area contributed by atoms with Crippen LogP contribution >= 0.6 is 0 Å². The van der Waals surface area contributed by atoms with E-state index in [0.717, 1.165) is 6.42 Å². The third kappa shape index (κ3) is 3.05. The Hall–Kier alpha value is -1.39. The van der Waals surface area contributed by atoms with Crippen LogP contribution in [0.1, 0.15) is 33.6 Å². The molecule has 16 heavy (non-hydrogen) atoms. The van der Waals surface area contributed by atoms with Crippen molar-refractivity contribution < 1.29 is 19.1 Å². The maximum atomic E-state index is 11.7. The molecule has 0 aromatic rings. The molecule has 0 bridgehead atoms. The molecule has 0 saturated carbocycles. The molecule has 1 fully saturated rings. The van der Waals surface area contributed by atoms with Gasteiger partial charge < -0.3 is 14.4 Å². The Morgan fingerprint density at radius 2 is 2.00 bits per heavy atom. The Labute approximate surface area is 94.7 Å². The lowest BCUT2D eigenvalue weighted by Crippen LogP contribution is -2.43. The second-order valence-electron chi connectivity index (χ2n) is 4.85. The summed E-state index contributed by atoms with van der Waals surface area (Å²) in [6, 6.07) is -0.472. The number of aldehydes is 1. The highest BCUT2D eigenvalue weighted by atomic mass is 16.6. The number of hydrogen-bond donors (Lipinski definition) is 0. The summed E-state index contributed by atoms with van der Waals surface area (Å²) >= 11 is 0. The van der Waals surface area contributed by atoms with E-state index in [9.17, 15) is 14.4 Å². The summed E-state index contributed by atoms with van der Waals surface area (Å²) in [4.78, 5) is 35.1. The molecule has 1 heterocycles. The first-order valence-electron chi connectivity index (χ1n) is 5.34. The summed E-state index contributed by atoms with van der Waals surface area (Å²) in [6.45, 7) is 5.53. The summed E-state index contributed by atoms with van der Waals surface area (Å²) in [7, 11) is 0. The third-order valence-corrected chi connectivity index (χ3v) is 2.29. The summed E-state index contributed by atoms with van der Waals surface area (Å²) in [5.74, 6) is -1.61. The maximum Gasteiger partial charge on any atom is 0.397 e. The number of amides is 1. The number of hydrogen-bond acceptors (Lipinski definition) is 4. The Bertz CT molecular complexity index is 306. The van der Waals surface area contributed by atoms with Crippen LogP contribution in [0, 0.1) is 0 Å². The van der Waals surface area contributed by atoms with Crippen molar-refractivity contribution in [2.45, 2.75) is 45.3 Å². The molecule has 0 spiro atoms. The number of nitrogens with zero attached hydrogens (tertiary/aromatic N) is 1. The van der Waals surface area contributed by atoms with Crippen LogP contribution in [0.4, 0.5) is 0 Å². The first kappa shape index (κ1) is 12.7. The molecule has 0 aromatic heterocycles. The van der Waals surface area contributed by atoms with Gasteiger partial charge in [-0.1, -0.05) is 0 Å². The molecule has 1 saturated heterocycles. The van der Waals surface area contributed by atoms with Gasteiger partial charge >= 0.3 is 11.9 Å². The van der Waals surface area contributed by atoms with Gasteiger partial charge in [0.1, 0.15) is 11.9 Å². The smallest absolute Gasteiger partial charge is 0.397 e. The van der Waals surface area contributed by atoms with E-state index in [-0.39, 0.29) is 0 Å². The molecule has 0 aromatic carbocycles. The SMILES string of the molecule is CC(C)(C)OC(=O)C(=O)N1CCC[C@@H]1C=O. The van der Waals surface area contributed by atoms with Gasteiger partial charge in [0.25, 0.3) is 0 Å². The molecular formula is C11H17NO4. The second-order valence-corrected chi connectivity index (χ2v) is 4.85. The van der Waals surface area contributed by atoms with Gasteiger partial charge in [-0.3, -0.25) is 4.79 Å². The Balaban J connectivity index is 2.63. The van der Waals surface area contributed by atoms with E-state index in [4.69, 9.17) is 4.74 Å². The summed E-state index contributed by atoms with van der Waals surface area (Å²) in [5, 5.41) is 0. The lowest BCUT2D eigenvalue weighted by molar-refractivity contribution is -0.168. The van der Waals surface area contributed by atoms with Gasteiger partial charge in [0.15, 0.2) is 0 Å². The molecule has 1 amide bonds. The van der Waals surface area contributed by atoms with E-state index in [1.807, 2.05) is 0 Å².